The minimum atomic E-state index is -0.423. The zero-order valence-electron chi connectivity index (χ0n) is 15.3. The molecular weight excluding hydrogens is 346 g/mol. The summed E-state index contributed by atoms with van der Waals surface area (Å²) in [6, 6.07) is 7.32. The van der Waals surface area contributed by atoms with Gasteiger partial charge in [0, 0.05) is 5.41 Å². The predicted molar refractivity (Wildman–Crippen MR) is 100 cm³/mol. The molecule has 1 aliphatic rings. The summed E-state index contributed by atoms with van der Waals surface area (Å²) in [6.07, 6.45) is 1.75. The number of hydrogen-bond donors (Lipinski definition) is 2. The molecular formula is C18H19N7O2. The van der Waals surface area contributed by atoms with Crippen molar-refractivity contribution in [2.75, 3.05) is 12.0 Å². The van der Waals surface area contributed by atoms with E-state index < -0.39 is 5.41 Å². The van der Waals surface area contributed by atoms with E-state index in [0.717, 1.165) is 17.0 Å². The van der Waals surface area contributed by atoms with Gasteiger partial charge < -0.3 is 4.74 Å². The number of aromatic nitrogens is 3. The van der Waals surface area contributed by atoms with Crippen LogP contribution in [-0.4, -0.2) is 39.7 Å². The van der Waals surface area contributed by atoms with Crippen LogP contribution in [-0.2, 0) is 16.6 Å². The minimum absolute atomic E-state index is 0.149. The Hall–Kier alpha value is -3.54. The van der Waals surface area contributed by atoms with Gasteiger partial charge in [0.15, 0.2) is 0 Å². The molecule has 9 heteroatoms. The van der Waals surface area contributed by atoms with Crippen LogP contribution in [0.25, 0.3) is 0 Å². The van der Waals surface area contributed by atoms with E-state index in [2.05, 4.69) is 30.7 Å². The molecule has 3 rings (SSSR count). The van der Waals surface area contributed by atoms with Crippen LogP contribution in [0.1, 0.15) is 42.5 Å². The van der Waals surface area contributed by atoms with Gasteiger partial charge in [-0.05, 0) is 30.7 Å². The van der Waals surface area contributed by atoms with Gasteiger partial charge in [-0.1, -0.05) is 13.8 Å². The Balaban J connectivity index is 1.75. The topological polar surface area (TPSA) is 128 Å². The van der Waals surface area contributed by atoms with E-state index in [4.69, 9.17) is 10.00 Å². The fourth-order valence-corrected chi connectivity index (χ4v) is 2.72. The fourth-order valence-electron chi connectivity index (χ4n) is 2.72. The first-order valence-electron chi connectivity index (χ1n) is 8.43. The molecule has 2 heterocycles. The zero-order valence-corrected chi connectivity index (χ0v) is 15.3. The lowest BCUT2D eigenvalue weighted by atomic mass is 9.81. The van der Waals surface area contributed by atoms with Crippen molar-refractivity contribution in [1.82, 2.24) is 15.2 Å². The number of ether oxygens (including phenoxy) is 1. The smallest absolute Gasteiger partial charge is 0.338 e. The number of benzene rings is 1. The Bertz CT molecular complexity index is 966. The molecule has 2 aromatic rings. The molecule has 27 heavy (non-hydrogen) atoms. The second-order valence-corrected chi connectivity index (χ2v) is 6.39. The number of hydrazone groups is 1. The minimum Gasteiger partial charge on any atom is -0.462 e. The fraction of sp³-hybridized carbons (Fsp3) is 0.333. The molecule has 1 aliphatic heterocycles. The molecule has 0 amide bonds. The predicted octanol–water partition coefficient (Wildman–Crippen LogP) is 2.51. The number of carbonyl (C=O) groups is 1. The first kappa shape index (κ1) is 18.3. The van der Waals surface area contributed by atoms with Crippen molar-refractivity contribution in [3.63, 3.8) is 0 Å². The molecule has 0 aliphatic carbocycles. The average Bonchev–Trinajstić information content (AvgIpc) is 3.18. The average molecular weight is 365 g/mol. The summed E-state index contributed by atoms with van der Waals surface area (Å²) >= 11 is 0. The number of carbonyl (C=O) groups excluding carboxylic acids is 1. The van der Waals surface area contributed by atoms with Crippen molar-refractivity contribution in [3.05, 3.63) is 35.2 Å². The van der Waals surface area contributed by atoms with Gasteiger partial charge in [-0.3, -0.25) is 10.1 Å². The number of esters is 1. The third kappa shape index (κ3) is 3.69. The number of nitrogens with zero attached hydrogens (tertiary/aromatic N) is 5. The first-order valence-corrected chi connectivity index (χ1v) is 8.43. The van der Waals surface area contributed by atoms with Crippen LogP contribution in [0.15, 0.2) is 28.3 Å². The van der Waals surface area contributed by atoms with Gasteiger partial charge in [0.2, 0.25) is 0 Å². The van der Waals surface area contributed by atoms with Gasteiger partial charge in [0.25, 0.3) is 5.95 Å². The zero-order chi connectivity index (χ0) is 19.4. The highest BCUT2D eigenvalue weighted by Crippen LogP contribution is 2.40. The van der Waals surface area contributed by atoms with Crippen LogP contribution in [0.5, 0.6) is 0 Å². The summed E-state index contributed by atoms with van der Waals surface area (Å²) in [7, 11) is 0. The summed E-state index contributed by atoms with van der Waals surface area (Å²) < 4.78 is 5.07. The summed E-state index contributed by atoms with van der Waals surface area (Å²) in [5, 5.41) is 19.3. The van der Waals surface area contributed by atoms with Gasteiger partial charge in [-0.15, -0.1) is 5.10 Å². The molecule has 0 fully saturated rings. The lowest BCUT2D eigenvalue weighted by Crippen LogP contribution is -2.27. The SMILES string of the molecule is CCOC(=O)c1ccc2c(c1)C(C)(C)C(/C=N/Nc1n[nH]c(CC#N)n1)=N2. The number of nitriles is 1. The van der Waals surface area contributed by atoms with Crippen molar-refractivity contribution >= 4 is 29.5 Å². The normalized spacial score (nSPS) is 14.5. The molecule has 0 saturated heterocycles. The quantitative estimate of drug-likeness (QED) is 0.460. The number of hydrogen-bond acceptors (Lipinski definition) is 8. The number of fused-ring (bicyclic) bond motifs is 1. The molecule has 138 valence electrons. The molecule has 0 spiro atoms. The standard InChI is InChI=1S/C18H19N7O2/c1-4-27-16(26)11-5-6-13-12(9-11)18(2,3)14(21-13)10-20-24-17-22-15(7-8-19)23-25-17/h5-6,9-10H,4,7H2,1-3H3,(H2,22,23,24,25)/b20-10+. The Kier molecular flexibility index (Phi) is 4.98. The number of rotatable bonds is 6. The van der Waals surface area contributed by atoms with E-state index >= 15 is 0 Å². The van der Waals surface area contributed by atoms with Crippen molar-refractivity contribution in [2.45, 2.75) is 32.6 Å². The number of H-pyrrole nitrogens is 1. The van der Waals surface area contributed by atoms with Gasteiger partial charge in [0.1, 0.15) is 5.82 Å². The second-order valence-electron chi connectivity index (χ2n) is 6.39. The van der Waals surface area contributed by atoms with Crippen LogP contribution < -0.4 is 5.43 Å². The van der Waals surface area contributed by atoms with E-state index in [1.54, 1.807) is 25.3 Å². The molecule has 1 aromatic heterocycles. The van der Waals surface area contributed by atoms with Gasteiger partial charge in [-0.25, -0.2) is 10.2 Å². The van der Waals surface area contributed by atoms with Crippen LogP contribution in [0, 0.1) is 11.3 Å². The molecule has 2 N–H and O–H groups in total. The Morgan fingerprint density at radius 1 is 1.48 bits per heavy atom. The number of aromatic amines is 1. The van der Waals surface area contributed by atoms with E-state index in [1.807, 2.05) is 26.0 Å². The summed E-state index contributed by atoms with van der Waals surface area (Å²) in [5.74, 6) is 0.389. The van der Waals surface area contributed by atoms with Crippen molar-refractivity contribution < 1.29 is 9.53 Å². The van der Waals surface area contributed by atoms with Gasteiger partial charge >= 0.3 is 5.97 Å². The molecule has 0 atom stereocenters. The van der Waals surface area contributed by atoms with Crippen LogP contribution in [0.3, 0.4) is 0 Å². The van der Waals surface area contributed by atoms with Crippen LogP contribution >= 0.6 is 0 Å². The third-order valence-electron chi connectivity index (χ3n) is 4.19. The Morgan fingerprint density at radius 3 is 3.04 bits per heavy atom. The van der Waals surface area contributed by atoms with Crippen molar-refractivity contribution in [2.24, 2.45) is 10.1 Å². The number of nitrogens with one attached hydrogen (secondary N) is 2. The maximum Gasteiger partial charge on any atom is 0.338 e. The largest absolute Gasteiger partial charge is 0.462 e. The molecule has 0 saturated carbocycles. The van der Waals surface area contributed by atoms with Gasteiger partial charge in [-0.2, -0.15) is 15.3 Å². The monoisotopic (exact) mass is 365 g/mol. The molecule has 0 radical (unpaired) electrons. The molecule has 1 aromatic carbocycles. The van der Waals surface area contributed by atoms with E-state index in [-0.39, 0.29) is 18.3 Å². The van der Waals surface area contributed by atoms with E-state index in [9.17, 15) is 4.79 Å². The maximum atomic E-state index is 12.0. The molecule has 9 nitrogen and oxygen atoms in total. The number of anilines is 1. The van der Waals surface area contributed by atoms with Crippen LogP contribution in [0.4, 0.5) is 11.6 Å². The Labute approximate surface area is 156 Å². The summed E-state index contributed by atoms with van der Waals surface area (Å²) in [5.41, 5.74) is 5.26. The molecule has 0 unspecified atom stereocenters. The lowest BCUT2D eigenvalue weighted by Gasteiger charge is -2.20. The third-order valence-corrected chi connectivity index (χ3v) is 4.19. The van der Waals surface area contributed by atoms with Crippen molar-refractivity contribution in [3.8, 4) is 6.07 Å². The first-order chi connectivity index (χ1) is 13.0. The maximum absolute atomic E-state index is 12.0. The second kappa shape index (κ2) is 7.37. The summed E-state index contributed by atoms with van der Waals surface area (Å²) in [4.78, 5) is 20.7. The highest BCUT2D eigenvalue weighted by Gasteiger charge is 2.34. The summed E-state index contributed by atoms with van der Waals surface area (Å²) in [6.45, 7) is 6.13. The highest BCUT2D eigenvalue weighted by molar-refractivity contribution is 6.36. The highest BCUT2D eigenvalue weighted by atomic mass is 16.5. The Morgan fingerprint density at radius 2 is 2.30 bits per heavy atom. The van der Waals surface area contributed by atoms with Gasteiger partial charge in [0.05, 0.1) is 42.3 Å². The van der Waals surface area contributed by atoms with Crippen LogP contribution in [0.2, 0.25) is 0 Å². The van der Waals surface area contributed by atoms with Crippen molar-refractivity contribution in [1.29, 1.82) is 5.26 Å². The van der Waals surface area contributed by atoms with E-state index in [0.29, 0.717) is 18.0 Å². The molecule has 0 bridgehead atoms. The van der Waals surface area contributed by atoms with E-state index in [1.165, 1.54) is 0 Å². The number of aliphatic imine (C=N–C) groups is 1. The lowest BCUT2D eigenvalue weighted by molar-refractivity contribution is 0.0526.